The first kappa shape index (κ1) is 45.8. The lowest BCUT2D eigenvalue weighted by Crippen LogP contribution is -2.37. The molecule has 0 heterocycles. The average molecular weight is 691 g/mol. The van der Waals surface area contributed by atoms with Gasteiger partial charge in [0.05, 0.1) is 27.7 Å². The average Bonchev–Trinajstić information content (AvgIpc) is 3.01. The van der Waals surface area contributed by atoms with Gasteiger partial charge in [0.15, 0.2) is 6.10 Å². The van der Waals surface area contributed by atoms with Crippen LogP contribution in [0.2, 0.25) is 0 Å². The molecule has 0 fully saturated rings. The quantitative estimate of drug-likeness (QED) is 0.0234. The molecule has 0 radical (unpaired) electrons. The van der Waals surface area contributed by atoms with Crippen LogP contribution in [0, 0.1) is 0 Å². The molecule has 47 heavy (non-hydrogen) atoms. The highest BCUT2D eigenvalue weighted by atomic mass is 31.2. The first-order chi connectivity index (χ1) is 22.5. The summed E-state index contributed by atoms with van der Waals surface area (Å²) in [6, 6.07) is 0. The second kappa shape index (κ2) is 30.8. The summed E-state index contributed by atoms with van der Waals surface area (Å²) in [5.74, 6) is -0.809. The van der Waals surface area contributed by atoms with Crippen LogP contribution in [0.25, 0.3) is 0 Å². The van der Waals surface area contributed by atoms with Gasteiger partial charge in [-0.15, -0.1) is 0 Å². The highest BCUT2D eigenvalue weighted by molar-refractivity contribution is 7.47. The summed E-state index contributed by atoms with van der Waals surface area (Å²) in [4.78, 5) is 35.1. The Bertz CT molecular complexity index is 830. The Morgan fingerprint density at radius 3 is 1.57 bits per heavy atom. The lowest BCUT2D eigenvalue weighted by atomic mass is 10.1. The largest absolute Gasteiger partial charge is 0.472 e. The van der Waals surface area contributed by atoms with E-state index in [0.717, 1.165) is 51.4 Å². The smallest absolute Gasteiger partial charge is 0.462 e. The summed E-state index contributed by atoms with van der Waals surface area (Å²) < 4.78 is 34.1. The number of unbranched alkanes of at least 4 members (excludes halogenated alkanes) is 18. The maximum atomic E-state index is 12.6. The topological polar surface area (TPSA) is 108 Å². The van der Waals surface area contributed by atoms with E-state index in [1.165, 1.54) is 77.0 Å². The van der Waals surface area contributed by atoms with E-state index >= 15 is 0 Å². The lowest BCUT2D eigenvalue weighted by Gasteiger charge is -2.24. The number of phosphoric acid groups is 1. The molecule has 0 saturated heterocycles. The third kappa shape index (κ3) is 34.4. The highest BCUT2D eigenvalue weighted by Gasteiger charge is 2.27. The predicted octanol–water partition coefficient (Wildman–Crippen LogP) is 9.85. The molecule has 0 rings (SSSR count). The molecule has 0 aliphatic carbocycles. The number of rotatable bonds is 34. The molecule has 0 aromatic heterocycles. The van der Waals surface area contributed by atoms with Gasteiger partial charge < -0.3 is 18.9 Å². The number of carbonyl (C=O) groups is 2. The van der Waals surface area contributed by atoms with E-state index in [9.17, 15) is 19.0 Å². The van der Waals surface area contributed by atoms with E-state index < -0.39 is 26.5 Å². The number of quaternary nitrogens is 1. The van der Waals surface area contributed by atoms with Crippen LogP contribution in [-0.4, -0.2) is 74.9 Å². The van der Waals surface area contributed by atoms with Gasteiger partial charge in [-0.05, 0) is 38.5 Å². The third-order valence-electron chi connectivity index (χ3n) is 8.05. The van der Waals surface area contributed by atoms with Gasteiger partial charge in [-0.25, -0.2) is 4.57 Å². The Balaban J connectivity index is 4.44. The van der Waals surface area contributed by atoms with E-state index in [2.05, 4.69) is 26.0 Å². The van der Waals surface area contributed by atoms with Crippen molar-refractivity contribution in [2.75, 3.05) is 47.5 Å². The number of likely N-dealkylation sites (N-methyl/N-ethyl adjacent to an activating group) is 1. The fourth-order valence-electron chi connectivity index (χ4n) is 5.01. The molecule has 1 N–H and O–H groups in total. The molecule has 0 saturated carbocycles. The fourth-order valence-corrected chi connectivity index (χ4v) is 5.75. The molecule has 0 amide bonds. The zero-order valence-corrected chi connectivity index (χ0v) is 31.9. The molecular weight excluding hydrogens is 617 g/mol. The minimum absolute atomic E-state index is 0.0326. The summed E-state index contributed by atoms with van der Waals surface area (Å²) >= 11 is 0. The molecule has 0 aliphatic rings. The predicted molar refractivity (Wildman–Crippen MR) is 192 cm³/mol. The molecular formula is C37H73NO8P+. The van der Waals surface area contributed by atoms with Gasteiger partial charge in [-0.3, -0.25) is 18.6 Å². The Kier molecular flexibility index (Phi) is 30.0. The molecule has 0 aliphatic heterocycles. The van der Waals surface area contributed by atoms with Gasteiger partial charge in [-0.2, -0.15) is 0 Å². The standard InChI is InChI=1S/C37H72NO8P/c1-6-8-10-12-14-16-17-18-19-20-22-24-26-28-30-37(40)46-35(34-45-47(41,42)44-32-31-38(3,4)5)33-43-36(39)29-27-25-23-21-15-13-11-9-7-2/h17-18,35H,6-16,19-34H2,1-5H3/p+1/b18-17-. The highest BCUT2D eigenvalue weighted by Crippen LogP contribution is 2.43. The molecule has 0 aromatic carbocycles. The van der Waals surface area contributed by atoms with Crippen LogP contribution in [0.5, 0.6) is 0 Å². The van der Waals surface area contributed by atoms with Crippen molar-refractivity contribution in [3.63, 3.8) is 0 Å². The van der Waals surface area contributed by atoms with Crippen molar-refractivity contribution in [1.82, 2.24) is 0 Å². The van der Waals surface area contributed by atoms with Gasteiger partial charge in [0.2, 0.25) is 0 Å². The Hall–Kier alpha value is -1.25. The summed E-state index contributed by atoms with van der Waals surface area (Å²) in [5, 5.41) is 0. The molecule has 2 atom stereocenters. The first-order valence-electron chi connectivity index (χ1n) is 18.9. The second-order valence-corrected chi connectivity index (χ2v) is 15.4. The Morgan fingerprint density at radius 1 is 0.638 bits per heavy atom. The number of hydrogen-bond acceptors (Lipinski definition) is 7. The zero-order valence-electron chi connectivity index (χ0n) is 31.0. The van der Waals surface area contributed by atoms with E-state index in [-0.39, 0.29) is 25.6 Å². The van der Waals surface area contributed by atoms with Crippen molar-refractivity contribution in [2.45, 2.75) is 168 Å². The van der Waals surface area contributed by atoms with Crippen LogP contribution in [-0.2, 0) is 32.7 Å². The van der Waals surface area contributed by atoms with Gasteiger partial charge in [0.25, 0.3) is 0 Å². The monoisotopic (exact) mass is 691 g/mol. The first-order valence-corrected chi connectivity index (χ1v) is 20.4. The van der Waals surface area contributed by atoms with E-state index in [4.69, 9.17) is 18.5 Å². The Labute approximate surface area is 288 Å². The number of carbonyl (C=O) groups excluding carboxylic acids is 2. The SMILES string of the molecule is CCCCCCC/C=C\CCCCCCCC(=O)OC(COC(=O)CCCCCCCCCCC)COP(=O)(O)OCC[N+](C)(C)C. The number of ether oxygens (including phenoxy) is 2. The van der Waals surface area contributed by atoms with Crippen molar-refractivity contribution >= 4 is 19.8 Å². The van der Waals surface area contributed by atoms with Crippen molar-refractivity contribution in [3.8, 4) is 0 Å². The van der Waals surface area contributed by atoms with Crippen LogP contribution in [0.4, 0.5) is 0 Å². The number of esters is 2. The number of phosphoric ester groups is 1. The molecule has 9 nitrogen and oxygen atoms in total. The lowest BCUT2D eigenvalue weighted by molar-refractivity contribution is -0.870. The summed E-state index contributed by atoms with van der Waals surface area (Å²) in [6.07, 6.45) is 28.3. The van der Waals surface area contributed by atoms with Gasteiger partial charge >= 0.3 is 19.8 Å². The number of allylic oxidation sites excluding steroid dienone is 2. The van der Waals surface area contributed by atoms with Crippen molar-refractivity contribution in [3.05, 3.63) is 12.2 Å². The molecule has 0 spiro atoms. The number of nitrogens with zero attached hydrogens (tertiary/aromatic N) is 1. The second-order valence-electron chi connectivity index (χ2n) is 14.0. The normalized spacial score (nSPS) is 13.9. The van der Waals surface area contributed by atoms with Gasteiger partial charge in [0.1, 0.15) is 19.8 Å². The minimum atomic E-state index is -4.36. The van der Waals surface area contributed by atoms with Crippen molar-refractivity contribution < 1.29 is 42.1 Å². The van der Waals surface area contributed by atoms with Gasteiger partial charge in [-0.1, -0.05) is 122 Å². The summed E-state index contributed by atoms with van der Waals surface area (Å²) in [5.41, 5.74) is 0. The minimum Gasteiger partial charge on any atom is -0.462 e. The van der Waals surface area contributed by atoms with E-state index in [0.29, 0.717) is 23.9 Å². The molecule has 2 unspecified atom stereocenters. The van der Waals surface area contributed by atoms with Crippen molar-refractivity contribution in [1.29, 1.82) is 0 Å². The van der Waals surface area contributed by atoms with Crippen LogP contribution in [0.3, 0.4) is 0 Å². The molecule has 0 aromatic rings. The van der Waals surface area contributed by atoms with E-state index in [1.54, 1.807) is 0 Å². The maximum absolute atomic E-state index is 12.6. The summed E-state index contributed by atoms with van der Waals surface area (Å²) in [7, 11) is 1.47. The number of hydrogen-bond donors (Lipinski definition) is 1. The van der Waals surface area contributed by atoms with Crippen LogP contribution in [0.1, 0.15) is 162 Å². The molecule has 10 heteroatoms. The van der Waals surface area contributed by atoms with Crippen LogP contribution < -0.4 is 0 Å². The third-order valence-corrected chi connectivity index (χ3v) is 9.03. The molecule has 278 valence electrons. The van der Waals surface area contributed by atoms with E-state index in [1.807, 2.05) is 21.1 Å². The maximum Gasteiger partial charge on any atom is 0.472 e. The van der Waals surface area contributed by atoms with Crippen LogP contribution in [0.15, 0.2) is 12.2 Å². The fraction of sp³-hybridized carbons (Fsp3) is 0.892. The zero-order chi connectivity index (χ0) is 35.1. The Morgan fingerprint density at radius 2 is 1.09 bits per heavy atom. The van der Waals surface area contributed by atoms with Gasteiger partial charge in [0, 0.05) is 12.8 Å². The van der Waals surface area contributed by atoms with Crippen LogP contribution >= 0.6 is 7.82 Å². The summed E-state index contributed by atoms with van der Waals surface area (Å²) in [6.45, 7) is 4.37. The molecule has 0 bridgehead atoms. The van der Waals surface area contributed by atoms with Crippen molar-refractivity contribution in [2.24, 2.45) is 0 Å².